The van der Waals surface area contributed by atoms with Gasteiger partial charge in [0.1, 0.15) is 13.2 Å². The van der Waals surface area contributed by atoms with Crippen LogP contribution in [0.25, 0.3) is 0 Å². The third-order valence-corrected chi connectivity index (χ3v) is 14.8. The van der Waals surface area contributed by atoms with Gasteiger partial charge in [0.15, 0.2) is 0 Å². The standard InChI is InChI=1S/C61H119N2O6P/c1-6-8-10-12-14-16-18-20-22-24-25-26-27-28-29-30-31-32-33-34-35-36-37-39-40-42-44-46-48-50-52-54-60(64)59(58-69-70(66,67)68-57-56-63(3,4)5)62-61(65)55-53-51-49-47-45-43-41-38-23-21-19-17-15-13-11-9-7-2/h21,23,44,46,52,54,59-60,64H,6-20,22,24-43,45,47-51,53,55-58H2,1-5H3,(H-,62,65,66,67)/b23-21-,46-44+,54-52+. The molecule has 0 aromatic carbocycles. The molecule has 0 aromatic rings. The van der Waals surface area contributed by atoms with Gasteiger partial charge in [0.05, 0.1) is 39.9 Å². The van der Waals surface area contributed by atoms with Gasteiger partial charge in [0.25, 0.3) is 7.82 Å². The molecule has 0 bridgehead atoms. The third kappa shape index (κ3) is 54.5. The molecule has 0 rings (SSSR count). The molecular weight excluding hydrogens is 888 g/mol. The highest BCUT2D eigenvalue weighted by Crippen LogP contribution is 2.38. The van der Waals surface area contributed by atoms with Gasteiger partial charge in [-0.05, 0) is 57.8 Å². The lowest BCUT2D eigenvalue weighted by Gasteiger charge is -2.29. The van der Waals surface area contributed by atoms with Crippen molar-refractivity contribution in [2.24, 2.45) is 0 Å². The highest BCUT2D eigenvalue weighted by Gasteiger charge is 2.23. The maximum absolute atomic E-state index is 12.9. The van der Waals surface area contributed by atoms with Gasteiger partial charge in [0, 0.05) is 6.42 Å². The van der Waals surface area contributed by atoms with Gasteiger partial charge in [-0.25, -0.2) is 0 Å². The number of rotatable bonds is 56. The number of amides is 1. The van der Waals surface area contributed by atoms with E-state index in [1.165, 1.54) is 238 Å². The first-order valence-corrected chi connectivity index (χ1v) is 31.8. The Morgan fingerprint density at radius 3 is 1.16 bits per heavy atom. The van der Waals surface area contributed by atoms with Gasteiger partial charge in [-0.1, -0.05) is 269 Å². The van der Waals surface area contributed by atoms with Crippen molar-refractivity contribution in [2.45, 2.75) is 309 Å². The minimum atomic E-state index is -4.61. The normalized spacial score (nSPS) is 14.1. The Hall–Kier alpha value is -1.28. The van der Waals surface area contributed by atoms with E-state index in [-0.39, 0.29) is 12.5 Å². The zero-order chi connectivity index (χ0) is 51.3. The monoisotopic (exact) mass is 1010 g/mol. The first-order valence-electron chi connectivity index (χ1n) is 30.4. The number of nitrogens with zero attached hydrogens (tertiary/aromatic N) is 1. The van der Waals surface area contributed by atoms with Crippen LogP contribution in [0.3, 0.4) is 0 Å². The van der Waals surface area contributed by atoms with Crippen LogP contribution in [0, 0.1) is 0 Å². The average Bonchev–Trinajstić information content (AvgIpc) is 3.32. The molecule has 1 amide bonds. The van der Waals surface area contributed by atoms with Gasteiger partial charge in [-0.2, -0.15) is 0 Å². The van der Waals surface area contributed by atoms with Crippen molar-refractivity contribution < 1.29 is 32.9 Å². The van der Waals surface area contributed by atoms with Crippen molar-refractivity contribution in [2.75, 3.05) is 40.9 Å². The molecule has 0 aliphatic carbocycles. The summed E-state index contributed by atoms with van der Waals surface area (Å²) in [6.45, 7) is 4.65. The van der Waals surface area contributed by atoms with Crippen molar-refractivity contribution in [3.05, 3.63) is 36.5 Å². The Morgan fingerprint density at radius 1 is 0.486 bits per heavy atom. The van der Waals surface area contributed by atoms with Crippen molar-refractivity contribution in [3.8, 4) is 0 Å². The number of likely N-dealkylation sites (N-methyl/N-ethyl adjacent to an activating group) is 1. The van der Waals surface area contributed by atoms with E-state index in [9.17, 15) is 19.4 Å². The van der Waals surface area contributed by atoms with Gasteiger partial charge in [0.2, 0.25) is 5.91 Å². The fourth-order valence-electron chi connectivity index (χ4n) is 9.05. The smallest absolute Gasteiger partial charge is 0.268 e. The number of quaternary nitrogens is 1. The molecule has 0 fully saturated rings. The predicted octanol–water partition coefficient (Wildman–Crippen LogP) is 17.9. The van der Waals surface area contributed by atoms with Gasteiger partial charge in [-0.3, -0.25) is 9.36 Å². The van der Waals surface area contributed by atoms with Crippen LogP contribution in [0.4, 0.5) is 0 Å². The summed E-state index contributed by atoms with van der Waals surface area (Å²) in [6.07, 6.45) is 68.2. The second-order valence-corrected chi connectivity index (χ2v) is 23.5. The maximum atomic E-state index is 12.9. The molecular formula is C61H119N2O6P. The number of unbranched alkanes of at least 4 members (excludes halogenated alkanes) is 39. The number of allylic oxidation sites excluding steroid dienone is 5. The van der Waals surface area contributed by atoms with Crippen LogP contribution < -0.4 is 10.2 Å². The molecule has 3 unspecified atom stereocenters. The van der Waals surface area contributed by atoms with Gasteiger partial charge in [-0.15, -0.1) is 0 Å². The van der Waals surface area contributed by atoms with Crippen molar-refractivity contribution in [3.63, 3.8) is 0 Å². The molecule has 0 aromatic heterocycles. The molecule has 3 atom stereocenters. The van der Waals surface area contributed by atoms with E-state index in [0.717, 1.165) is 38.5 Å². The number of phosphoric ester groups is 1. The Balaban J connectivity index is 4.14. The van der Waals surface area contributed by atoms with E-state index < -0.39 is 26.6 Å². The number of carbonyl (C=O) groups is 1. The van der Waals surface area contributed by atoms with Crippen LogP contribution in [-0.4, -0.2) is 68.5 Å². The summed E-state index contributed by atoms with van der Waals surface area (Å²) in [5, 5.41) is 13.9. The minimum Gasteiger partial charge on any atom is -0.756 e. The number of aliphatic hydroxyl groups excluding tert-OH is 1. The molecule has 2 N–H and O–H groups in total. The quantitative estimate of drug-likeness (QED) is 0.0272. The van der Waals surface area contributed by atoms with Crippen molar-refractivity contribution >= 4 is 13.7 Å². The Kier molecular flexibility index (Phi) is 51.6. The van der Waals surface area contributed by atoms with Gasteiger partial charge >= 0.3 is 0 Å². The number of phosphoric acid groups is 1. The zero-order valence-corrected chi connectivity index (χ0v) is 48.1. The van der Waals surface area contributed by atoms with Crippen LogP contribution in [-0.2, 0) is 18.4 Å². The van der Waals surface area contributed by atoms with E-state index >= 15 is 0 Å². The molecule has 0 aliphatic rings. The van der Waals surface area contributed by atoms with E-state index in [4.69, 9.17) is 9.05 Å². The Morgan fingerprint density at radius 2 is 0.800 bits per heavy atom. The lowest BCUT2D eigenvalue weighted by atomic mass is 10.0. The number of nitrogens with one attached hydrogen (secondary N) is 1. The predicted molar refractivity (Wildman–Crippen MR) is 302 cm³/mol. The largest absolute Gasteiger partial charge is 0.756 e. The van der Waals surface area contributed by atoms with Crippen molar-refractivity contribution in [1.29, 1.82) is 0 Å². The van der Waals surface area contributed by atoms with Crippen LogP contribution >= 0.6 is 7.82 Å². The summed E-state index contributed by atoms with van der Waals surface area (Å²) >= 11 is 0. The molecule has 0 radical (unpaired) electrons. The summed E-state index contributed by atoms with van der Waals surface area (Å²) in [5.74, 6) is -0.209. The van der Waals surface area contributed by atoms with Crippen LogP contribution in [0.15, 0.2) is 36.5 Å². The molecule has 0 spiro atoms. The van der Waals surface area contributed by atoms with Gasteiger partial charge < -0.3 is 28.8 Å². The number of aliphatic hydroxyl groups is 1. The summed E-state index contributed by atoms with van der Waals surface area (Å²) in [7, 11) is 1.25. The number of carbonyl (C=O) groups excluding carboxylic acids is 1. The second kappa shape index (κ2) is 52.6. The molecule has 0 saturated heterocycles. The molecule has 70 heavy (non-hydrogen) atoms. The SMILES string of the molecule is CCCCCCCC/C=C\CCCCCCCCCC(=O)NC(COP(=O)([O-])OCC[N+](C)(C)C)C(O)/C=C/CC/C=C/CCCCCCCCCCCCCCCCCCCCCCCCCCC. The summed E-state index contributed by atoms with van der Waals surface area (Å²) < 4.78 is 23.3. The van der Waals surface area contributed by atoms with E-state index in [0.29, 0.717) is 17.4 Å². The maximum Gasteiger partial charge on any atom is 0.268 e. The van der Waals surface area contributed by atoms with Crippen LogP contribution in [0.2, 0.25) is 0 Å². The molecule has 0 saturated carbocycles. The number of hydrogen-bond donors (Lipinski definition) is 2. The lowest BCUT2D eigenvalue weighted by molar-refractivity contribution is -0.870. The summed E-state index contributed by atoms with van der Waals surface area (Å²) in [6, 6.07) is -0.906. The topological polar surface area (TPSA) is 108 Å². The highest BCUT2D eigenvalue weighted by molar-refractivity contribution is 7.45. The van der Waals surface area contributed by atoms with E-state index in [1.54, 1.807) is 6.08 Å². The Bertz CT molecular complexity index is 1230. The molecule has 0 aliphatic heterocycles. The van der Waals surface area contributed by atoms with E-state index in [2.05, 4.69) is 43.5 Å². The first-order chi connectivity index (χ1) is 34.0. The highest BCUT2D eigenvalue weighted by atomic mass is 31.2. The average molecular weight is 1010 g/mol. The zero-order valence-electron chi connectivity index (χ0n) is 47.2. The summed E-state index contributed by atoms with van der Waals surface area (Å²) in [5.41, 5.74) is 0. The van der Waals surface area contributed by atoms with Crippen LogP contribution in [0.5, 0.6) is 0 Å². The molecule has 414 valence electrons. The van der Waals surface area contributed by atoms with Crippen molar-refractivity contribution in [1.82, 2.24) is 5.32 Å². The number of hydrogen-bond acceptors (Lipinski definition) is 6. The fourth-order valence-corrected chi connectivity index (χ4v) is 9.77. The third-order valence-electron chi connectivity index (χ3n) is 13.8. The van der Waals surface area contributed by atoms with Crippen LogP contribution in [0.1, 0.15) is 296 Å². The second-order valence-electron chi connectivity index (χ2n) is 22.0. The lowest BCUT2D eigenvalue weighted by Crippen LogP contribution is -2.45. The molecule has 0 heterocycles. The summed E-state index contributed by atoms with van der Waals surface area (Å²) in [4.78, 5) is 25.5. The Labute approximate surface area is 436 Å². The fraction of sp³-hybridized carbons (Fsp3) is 0.885. The van der Waals surface area contributed by atoms with E-state index in [1.807, 2.05) is 27.2 Å². The minimum absolute atomic E-state index is 0.00663. The molecule has 8 nitrogen and oxygen atoms in total. The molecule has 9 heteroatoms. The first kappa shape index (κ1) is 68.7.